The quantitative estimate of drug-likeness (QED) is 0.908. The summed E-state index contributed by atoms with van der Waals surface area (Å²) >= 11 is 0. The topological polar surface area (TPSA) is 68.4 Å². The van der Waals surface area contributed by atoms with Crippen LogP contribution < -0.4 is 4.74 Å². The van der Waals surface area contributed by atoms with Gasteiger partial charge in [-0.3, -0.25) is 0 Å². The molecule has 0 bridgehead atoms. The van der Waals surface area contributed by atoms with Crippen LogP contribution in [-0.2, 0) is 6.61 Å². The summed E-state index contributed by atoms with van der Waals surface area (Å²) in [6.07, 6.45) is 1.81. The van der Waals surface area contributed by atoms with E-state index in [9.17, 15) is 5.11 Å². The number of hydrogen-bond donors (Lipinski definition) is 1. The molecule has 1 fully saturated rings. The van der Waals surface area contributed by atoms with Crippen molar-refractivity contribution in [2.75, 3.05) is 0 Å². The molecule has 2 aromatic rings. The van der Waals surface area contributed by atoms with Crippen molar-refractivity contribution in [3.63, 3.8) is 0 Å². The molecule has 1 aliphatic rings. The molecule has 1 N–H and O–H groups in total. The number of aliphatic hydroxyl groups is 1. The second-order valence-corrected chi connectivity index (χ2v) is 5.31. The van der Waals surface area contributed by atoms with E-state index in [1.807, 2.05) is 25.1 Å². The summed E-state index contributed by atoms with van der Waals surface area (Å²) in [6.45, 7) is 3.99. The number of rotatable bonds is 5. The van der Waals surface area contributed by atoms with Gasteiger partial charge in [0.15, 0.2) is 6.61 Å². The van der Waals surface area contributed by atoms with Crippen molar-refractivity contribution < 1.29 is 14.4 Å². The fourth-order valence-corrected chi connectivity index (χ4v) is 2.06. The highest BCUT2D eigenvalue weighted by Crippen LogP contribution is 2.38. The van der Waals surface area contributed by atoms with Crippen molar-refractivity contribution in [1.29, 1.82) is 0 Å². The first-order valence-corrected chi connectivity index (χ1v) is 6.87. The summed E-state index contributed by atoms with van der Waals surface area (Å²) in [6, 6.07) is 5.64. The van der Waals surface area contributed by atoms with Crippen LogP contribution in [0.5, 0.6) is 5.75 Å². The van der Waals surface area contributed by atoms with Gasteiger partial charge < -0.3 is 14.4 Å². The van der Waals surface area contributed by atoms with Crippen LogP contribution in [0.15, 0.2) is 22.7 Å². The second-order valence-electron chi connectivity index (χ2n) is 5.31. The first-order chi connectivity index (χ1) is 9.63. The van der Waals surface area contributed by atoms with Crippen LogP contribution in [0.4, 0.5) is 0 Å². The minimum Gasteiger partial charge on any atom is -0.485 e. The summed E-state index contributed by atoms with van der Waals surface area (Å²) in [4.78, 5) is 4.32. The SMILES string of the molecule is Cc1cc([C@H](C)O)ccc1OCc1noc(C2CC2)n1. The maximum Gasteiger partial charge on any atom is 0.229 e. The molecule has 1 heterocycles. The van der Waals surface area contributed by atoms with Gasteiger partial charge in [-0.2, -0.15) is 4.98 Å². The third-order valence-electron chi connectivity index (χ3n) is 3.45. The Labute approximate surface area is 117 Å². The summed E-state index contributed by atoms with van der Waals surface area (Å²) in [7, 11) is 0. The van der Waals surface area contributed by atoms with Gasteiger partial charge in [0.25, 0.3) is 0 Å². The molecule has 0 saturated heterocycles. The van der Waals surface area contributed by atoms with Gasteiger partial charge >= 0.3 is 0 Å². The van der Waals surface area contributed by atoms with Crippen molar-refractivity contribution >= 4 is 0 Å². The zero-order valence-electron chi connectivity index (χ0n) is 11.7. The Morgan fingerprint density at radius 2 is 2.25 bits per heavy atom. The Kier molecular flexibility index (Phi) is 3.44. The fraction of sp³-hybridized carbons (Fsp3) is 0.467. The Morgan fingerprint density at radius 3 is 2.90 bits per heavy atom. The van der Waals surface area contributed by atoms with Gasteiger partial charge in [-0.05, 0) is 49.9 Å². The average Bonchev–Trinajstić information content (AvgIpc) is 3.17. The monoisotopic (exact) mass is 274 g/mol. The second kappa shape index (κ2) is 5.25. The van der Waals surface area contributed by atoms with Gasteiger partial charge in [-0.1, -0.05) is 11.2 Å². The predicted octanol–water partition coefficient (Wildman–Crippen LogP) is 2.89. The largest absolute Gasteiger partial charge is 0.485 e. The number of nitrogens with zero attached hydrogens (tertiary/aromatic N) is 2. The molecule has 1 aromatic heterocycles. The number of aryl methyl sites for hydroxylation is 1. The molecule has 0 radical (unpaired) electrons. The molecule has 0 unspecified atom stereocenters. The smallest absolute Gasteiger partial charge is 0.229 e. The molecule has 0 aliphatic heterocycles. The van der Waals surface area contributed by atoms with Crippen molar-refractivity contribution in [3.8, 4) is 5.75 Å². The van der Waals surface area contributed by atoms with Crippen LogP contribution in [0.2, 0.25) is 0 Å². The highest BCUT2D eigenvalue weighted by Gasteiger charge is 2.29. The maximum absolute atomic E-state index is 9.53. The van der Waals surface area contributed by atoms with E-state index >= 15 is 0 Å². The van der Waals surface area contributed by atoms with Crippen molar-refractivity contribution in [1.82, 2.24) is 10.1 Å². The molecule has 1 aliphatic carbocycles. The van der Waals surface area contributed by atoms with E-state index in [4.69, 9.17) is 9.26 Å². The lowest BCUT2D eigenvalue weighted by Crippen LogP contribution is -2.00. The van der Waals surface area contributed by atoms with E-state index in [1.54, 1.807) is 6.92 Å². The van der Waals surface area contributed by atoms with E-state index in [0.29, 0.717) is 18.3 Å². The van der Waals surface area contributed by atoms with Crippen LogP contribution in [0.25, 0.3) is 0 Å². The van der Waals surface area contributed by atoms with E-state index in [-0.39, 0.29) is 0 Å². The lowest BCUT2D eigenvalue weighted by Gasteiger charge is -2.10. The molecule has 1 aromatic carbocycles. The molecular weight excluding hydrogens is 256 g/mol. The Balaban J connectivity index is 1.65. The third kappa shape index (κ3) is 2.82. The zero-order chi connectivity index (χ0) is 14.1. The lowest BCUT2D eigenvalue weighted by atomic mass is 10.1. The van der Waals surface area contributed by atoms with Crippen LogP contribution in [-0.4, -0.2) is 15.2 Å². The van der Waals surface area contributed by atoms with Crippen LogP contribution in [0.3, 0.4) is 0 Å². The lowest BCUT2D eigenvalue weighted by molar-refractivity contribution is 0.199. The third-order valence-corrected chi connectivity index (χ3v) is 3.45. The average molecular weight is 274 g/mol. The van der Waals surface area contributed by atoms with Crippen LogP contribution in [0.1, 0.15) is 54.6 Å². The molecule has 5 heteroatoms. The first kappa shape index (κ1) is 13.1. The summed E-state index contributed by atoms with van der Waals surface area (Å²) in [5, 5.41) is 13.5. The molecule has 1 saturated carbocycles. The first-order valence-electron chi connectivity index (χ1n) is 6.87. The molecule has 106 valence electrons. The van der Waals surface area contributed by atoms with Gasteiger partial charge in [0.1, 0.15) is 5.75 Å². The molecule has 5 nitrogen and oxygen atoms in total. The minimum atomic E-state index is -0.471. The van der Waals surface area contributed by atoms with Gasteiger partial charge in [-0.15, -0.1) is 0 Å². The van der Waals surface area contributed by atoms with Gasteiger partial charge in [0.05, 0.1) is 6.10 Å². The molecule has 0 spiro atoms. The fourth-order valence-electron chi connectivity index (χ4n) is 2.06. The normalized spacial score (nSPS) is 16.1. The number of hydrogen-bond acceptors (Lipinski definition) is 5. The number of benzene rings is 1. The molecule has 1 atom stereocenters. The van der Waals surface area contributed by atoms with Crippen LogP contribution >= 0.6 is 0 Å². The van der Waals surface area contributed by atoms with E-state index in [1.165, 1.54) is 0 Å². The Hall–Kier alpha value is -1.88. The van der Waals surface area contributed by atoms with Gasteiger partial charge in [0, 0.05) is 5.92 Å². The summed E-state index contributed by atoms with van der Waals surface area (Å²) in [5.41, 5.74) is 1.86. The van der Waals surface area contributed by atoms with E-state index in [2.05, 4.69) is 10.1 Å². The minimum absolute atomic E-state index is 0.297. The molecule has 20 heavy (non-hydrogen) atoms. The summed E-state index contributed by atoms with van der Waals surface area (Å²) < 4.78 is 10.9. The predicted molar refractivity (Wildman–Crippen MR) is 72.4 cm³/mol. The van der Waals surface area contributed by atoms with Gasteiger partial charge in [0.2, 0.25) is 11.7 Å². The molecular formula is C15H18N2O3. The van der Waals surface area contributed by atoms with Crippen molar-refractivity contribution in [2.24, 2.45) is 0 Å². The zero-order valence-corrected chi connectivity index (χ0v) is 11.7. The highest BCUT2D eigenvalue weighted by atomic mass is 16.5. The maximum atomic E-state index is 9.53. The van der Waals surface area contributed by atoms with E-state index < -0.39 is 6.10 Å². The van der Waals surface area contributed by atoms with Crippen LogP contribution in [0, 0.1) is 6.92 Å². The summed E-state index contributed by atoms with van der Waals surface area (Å²) in [5.74, 6) is 2.53. The standard InChI is InChI=1S/C15H18N2O3/c1-9-7-12(10(2)18)5-6-13(9)19-8-14-16-15(20-17-14)11-3-4-11/h5-7,10-11,18H,3-4,8H2,1-2H3/t10-/m0/s1. The van der Waals surface area contributed by atoms with E-state index in [0.717, 1.165) is 35.6 Å². The number of ether oxygens (including phenoxy) is 1. The molecule has 0 amide bonds. The highest BCUT2D eigenvalue weighted by molar-refractivity contribution is 5.36. The molecule has 3 rings (SSSR count). The number of aromatic nitrogens is 2. The van der Waals surface area contributed by atoms with Crippen molar-refractivity contribution in [3.05, 3.63) is 41.0 Å². The van der Waals surface area contributed by atoms with Crippen molar-refractivity contribution in [2.45, 2.75) is 45.3 Å². The van der Waals surface area contributed by atoms with Gasteiger partial charge in [-0.25, -0.2) is 0 Å². The number of aliphatic hydroxyl groups excluding tert-OH is 1. The Bertz CT molecular complexity index is 603. The Morgan fingerprint density at radius 1 is 1.45 bits per heavy atom.